The van der Waals surface area contributed by atoms with Crippen molar-refractivity contribution in [1.29, 1.82) is 0 Å². The quantitative estimate of drug-likeness (QED) is 0.529. The van der Waals surface area contributed by atoms with Crippen molar-refractivity contribution in [3.05, 3.63) is 59.2 Å². The minimum Gasteiger partial charge on any atom is -0.288 e. The molecule has 0 spiro atoms. The highest BCUT2D eigenvalue weighted by molar-refractivity contribution is 7.93. The summed E-state index contributed by atoms with van der Waals surface area (Å²) in [4.78, 5) is 12.9. The first-order chi connectivity index (χ1) is 11.6. The summed E-state index contributed by atoms with van der Waals surface area (Å²) in [5, 5.41) is 0. The molecule has 0 aromatic heterocycles. The van der Waals surface area contributed by atoms with E-state index in [4.69, 9.17) is 0 Å². The lowest BCUT2D eigenvalue weighted by Crippen LogP contribution is -2.26. The third-order valence-electron chi connectivity index (χ3n) is 3.93. The monoisotopic (exact) mass is 369 g/mol. The number of hydrogen-bond donors (Lipinski definition) is 0. The Bertz CT molecular complexity index is 1040. The van der Waals surface area contributed by atoms with Crippen LogP contribution in [-0.4, -0.2) is 29.3 Å². The van der Waals surface area contributed by atoms with Gasteiger partial charge in [-0.1, -0.05) is 37.7 Å². The van der Waals surface area contributed by atoms with Crippen LogP contribution in [0.1, 0.15) is 21.5 Å². The van der Waals surface area contributed by atoms with Crippen molar-refractivity contribution in [3.8, 4) is 11.5 Å². The predicted molar refractivity (Wildman–Crippen MR) is 102 cm³/mol. The number of carbonyl (C=O) groups is 1. The molecule has 0 saturated heterocycles. The van der Waals surface area contributed by atoms with Crippen molar-refractivity contribution in [1.82, 2.24) is 0 Å². The fourth-order valence-corrected chi connectivity index (χ4v) is 4.57. The van der Waals surface area contributed by atoms with Crippen molar-refractivity contribution in [2.24, 2.45) is 0 Å². The second-order valence-corrected chi connectivity index (χ2v) is 13.7. The number of carbonyl (C=O) groups excluding carboxylic acids is 1. The fourth-order valence-electron chi connectivity index (χ4n) is 2.62. The molecule has 3 rings (SSSR count). The number of fused-ring (bicyclic) bond motifs is 2. The van der Waals surface area contributed by atoms with Gasteiger partial charge in [0.2, 0.25) is 0 Å². The van der Waals surface area contributed by atoms with Gasteiger partial charge in [-0.25, -0.2) is 8.42 Å². The standard InChI is InChI=1S/C19H19NO3SSi/c1-20-17-8-6-5-7-15(17)19(21)16-10-9-14(11-12-25(2,3)4)13-18(16)24(20,22)23/h5-10,13H,1-4H3. The smallest absolute Gasteiger partial charge is 0.264 e. The molecule has 1 aliphatic heterocycles. The molecule has 0 unspecified atom stereocenters. The molecular formula is C19H19NO3SSi. The van der Waals surface area contributed by atoms with E-state index in [2.05, 4.69) is 31.1 Å². The molecule has 25 heavy (non-hydrogen) atoms. The predicted octanol–water partition coefficient (Wildman–Crippen LogP) is 3.29. The molecule has 0 fully saturated rings. The Labute approximate surface area is 149 Å². The van der Waals surface area contributed by atoms with Crippen molar-refractivity contribution < 1.29 is 13.2 Å². The number of ketones is 1. The Morgan fingerprint density at radius 3 is 2.36 bits per heavy atom. The lowest BCUT2D eigenvalue weighted by molar-refractivity contribution is 0.103. The van der Waals surface area contributed by atoms with Crippen LogP contribution in [0.5, 0.6) is 0 Å². The molecule has 1 aliphatic rings. The zero-order valence-corrected chi connectivity index (χ0v) is 16.4. The second kappa shape index (κ2) is 5.87. The van der Waals surface area contributed by atoms with Gasteiger partial charge in [-0.05, 0) is 30.3 Å². The third-order valence-corrected chi connectivity index (χ3v) is 6.62. The topological polar surface area (TPSA) is 54.5 Å². The van der Waals surface area contributed by atoms with E-state index in [1.807, 2.05) is 0 Å². The van der Waals surface area contributed by atoms with E-state index >= 15 is 0 Å². The van der Waals surface area contributed by atoms with E-state index in [1.165, 1.54) is 17.4 Å². The zero-order chi connectivity index (χ0) is 18.4. The summed E-state index contributed by atoms with van der Waals surface area (Å²) in [5.74, 6) is 2.77. The highest BCUT2D eigenvalue weighted by Gasteiger charge is 2.34. The molecular weight excluding hydrogens is 350 g/mol. The summed E-state index contributed by atoms with van der Waals surface area (Å²) < 4.78 is 27.2. The Hall–Kier alpha value is -2.36. The van der Waals surface area contributed by atoms with Crippen LogP contribution in [0.2, 0.25) is 19.6 Å². The highest BCUT2D eigenvalue weighted by Crippen LogP contribution is 2.34. The van der Waals surface area contributed by atoms with E-state index in [1.54, 1.807) is 36.4 Å². The SMILES string of the molecule is CN1c2ccccc2C(=O)c2ccc(C#C[Si](C)(C)C)cc2S1(=O)=O. The van der Waals surface area contributed by atoms with Crippen LogP contribution >= 0.6 is 0 Å². The molecule has 1 heterocycles. The number of hydrogen-bond acceptors (Lipinski definition) is 3. The van der Waals surface area contributed by atoms with Gasteiger partial charge in [-0.3, -0.25) is 9.10 Å². The van der Waals surface area contributed by atoms with Crippen LogP contribution < -0.4 is 4.31 Å². The largest absolute Gasteiger partial charge is 0.288 e. The number of sulfonamides is 1. The maximum atomic E-state index is 13.0. The maximum absolute atomic E-state index is 13.0. The zero-order valence-electron chi connectivity index (χ0n) is 14.6. The van der Waals surface area contributed by atoms with E-state index < -0.39 is 18.1 Å². The molecule has 0 aliphatic carbocycles. The normalized spacial score (nSPS) is 15.5. The van der Waals surface area contributed by atoms with Gasteiger partial charge < -0.3 is 0 Å². The van der Waals surface area contributed by atoms with E-state index in [-0.39, 0.29) is 16.2 Å². The molecule has 6 heteroatoms. The lowest BCUT2D eigenvalue weighted by atomic mass is 10.0. The molecule has 2 aromatic rings. The highest BCUT2D eigenvalue weighted by atomic mass is 32.2. The summed E-state index contributed by atoms with van der Waals surface area (Å²) in [6.45, 7) is 6.36. The molecule has 0 bridgehead atoms. The minimum atomic E-state index is -3.82. The van der Waals surface area contributed by atoms with Gasteiger partial charge in [0, 0.05) is 23.7 Å². The van der Waals surface area contributed by atoms with Crippen LogP contribution in [0, 0.1) is 11.5 Å². The number of para-hydroxylation sites is 1. The molecule has 4 nitrogen and oxygen atoms in total. The van der Waals surface area contributed by atoms with Crippen LogP contribution in [0.25, 0.3) is 0 Å². The number of anilines is 1. The van der Waals surface area contributed by atoms with Gasteiger partial charge in [0.1, 0.15) is 8.07 Å². The summed E-state index contributed by atoms with van der Waals surface area (Å²) in [5.41, 5.74) is 4.79. The van der Waals surface area contributed by atoms with Gasteiger partial charge in [0.15, 0.2) is 5.78 Å². The maximum Gasteiger partial charge on any atom is 0.264 e. The Kier molecular flexibility index (Phi) is 4.10. The molecule has 128 valence electrons. The van der Waals surface area contributed by atoms with Gasteiger partial charge >= 0.3 is 0 Å². The van der Waals surface area contributed by atoms with Crippen molar-refractivity contribution in [3.63, 3.8) is 0 Å². The molecule has 0 amide bonds. The van der Waals surface area contributed by atoms with Crippen LogP contribution in [0.4, 0.5) is 5.69 Å². The first-order valence-electron chi connectivity index (χ1n) is 7.91. The van der Waals surface area contributed by atoms with Crippen LogP contribution in [0.3, 0.4) is 0 Å². The summed E-state index contributed by atoms with van der Waals surface area (Å²) in [6.07, 6.45) is 0. The Balaban J connectivity index is 2.26. The summed E-state index contributed by atoms with van der Waals surface area (Å²) in [7, 11) is -3.94. The van der Waals surface area contributed by atoms with Crippen LogP contribution in [0.15, 0.2) is 47.4 Å². The van der Waals surface area contributed by atoms with Crippen molar-refractivity contribution in [2.75, 3.05) is 11.4 Å². The Morgan fingerprint density at radius 1 is 1.00 bits per heavy atom. The average Bonchev–Trinajstić information content (AvgIpc) is 2.62. The van der Waals surface area contributed by atoms with Crippen LogP contribution in [-0.2, 0) is 10.0 Å². The average molecular weight is 370 g/mol. The lowest BCUT2D eigenvalue weighted by Gasteiger charge is -2.19. The Morgan fingerprint density at radius 2 is 1.68 bits per heavy atom. The molecule has 0 atom stereocenters. The van der Waals surface area contributed by atoms with Gasteiger partial charge in [-0.15, -0.1) is 5.54 Å². The number of rotatable bonds is 0. The van der Waals surface area contributed by atoms with Gasteiger partial charge in [-0.2, -0.15) is 0 Å². The summed E-state index contributed by atoms with van der Waals surface area (Å²) in [6, 6.07) is 11.5. The van der Waals surface area contributed by atoms with Crippen molar-refractivity contribution >= 4 is 29.6 Å². The first kappa shape index (κ1) is 17.5. The van der Waals surface area contributed by atoms with Crippen molar-refractivity contribution in [2.45, 2.75) is 24.5 Å². The second-order valence-electron chi connectivity index (χ2n) is 7.03. The summed E-state index contributed by atoms with van der Waals surface area (Å²) >= 11 is 0. The molecule has 0 saturated carbocycles. The minimum absolute atomic E-state index is 0.0126. The van der Waals surface area contributed by atoms with E-state index in [9.17, 15) is 13.2 Å². The third kappa shape index (κ3) is 3.13. The van der Waals surface area contributed by atoms with Gasteiger partial charge in [0.05, 0.1) is 10.6 Å². The number of nitrogens with zero attached hydrogens (tertiary/aromatic N) is 1. The van der Waals surface area contributed by atoms with E-state index in [0.717, 1.165) is 0 Å². The molecule has 2 aromatic carbocycles. The van der Waals surface area contributed by atoms with E-state index in [0.29, 0.717) is 16.8 Å². The number of benzene rings is 2. The fraction of sp³-hybridized carbons (Fsp3) is 0.211. The van der Waals surface area contributed by atoms with Gasteiger partial charge in [0.25, 0.3) is 10.0 Å². The molecule has 0 radical (unpaired) electrons. The molecule has 0 N–H and O–H groups in total. The first-order valence-corrected chi connectivity index (χ1v) is 12.9.